The number of hydrogen-bond donors (Lipinski definition) is 1. The number of anilines is 1. The summed E-state index contributed by atoms with van der Waals surface area (Å²) in [5, 5.41) is 2.69. The van der Waals surface area contributed by atoms with Crippen LogP contribution in [-0.2, 0) is 0 Å². The molecule has 2 rings (SSSR count). The fraction of sp³-hybridized carbons (Fsp3) is 0.545. The first kappa shape index (κ1) is 11.8. The second-order valence-electron chi connectivity index (χ2n) is 4.35. The van der Waals surface area contributed by atoms with Crippen molar-refractivity contribution in [3.05, 3.63) is 18.5 Å². The van der Waals surface area contributed by atoms with Gasteiger partial charge in [0.1, 0.15) is 0 Å². The Hall–Kier alpha value is -1.69. The van der Waals surface area contributed by atoms with E-state index in [0.717, 1.165) is 19.5 Å². The third-order valence-corrected chi connectivity index (χ3v) is 2.97. The molecule has 1 atom stereocenters. The van der Waals surface area contributed by atoms with Gasteiger partial charge in [0.2, 0.25) is 5.95 Å². The Morgan fingerprint density at radius 3 is 2.76 bits per heavy atom. The van der Waals surface area contributed by atoms with E-state index in [1.165, 1.54) is 0 Å². The molecule has 1 aromatic heterocycles. The summed E-state index contributed by atoms with van der Waals surface area (Å²) < 4.78 is 0. The first-order chi connectivity index (χ1) is 8.16. The molecule has 1 aromatic rings. The number of likely N-dealkylation sites (tertiary alicyclic amines) is 1. The van der Waals surface area contributed by atoms with Crippen molar-refractivity contribution in [2.45, 2.75) is 12.5 Å². The number of amides is 2. The molecule has 1 N–H and O–H groups in total. The topological polar surface area (TPSA) is 61.4 Å². The van der Waals surface area contributed by atoms with E-state index >= 15 is 0 Å². The van der Waals surface area contributed by atoms with Gasteiger partial charge in [-0.2, -0.15) is 0 Å². The maximum absolute atomic E-state index is 11.9. The highest BCUT2D eigenvalue weighted by molar-refractivity contribution is 5.87. The second-order valence-corrected chi connectivity index (χ2v) is 4.35. The van der Waals surface area contributed by atoms with E-state index in [2.05, 4.69) is 20.2 Å². The lowest BCUT2D eigenvalue weighted by atomic mass is 10.2. The van der Waals surface area contributed by atoms with Crippen molar-refractivity contribution in [2.75, 3.05) is 32.5 Å². The maximum atomic E-state index is 11.9. The summed E-state index contributed by atoms with van der Waals surface area (Å²) in [5.41, 5.74) is 0. The molecule has 0 spiro atoms. The summed E-state index contributed by atoms with van der Waals surface area (Å²) in [6.45, 7) is 1.53. The molecule has 2 heterocycles. The largest absolute Gasteiger partial charge is 0.324 e. The van der Waals surface area contributed by atoms with Crippen LogP contribution in [-0.4, -0.2) is 59.0 Å². The number of hydrogen-bond acceptors (Lipinski definition) is 4. The summed E-state index contributed by atoms with van der Waals surface area (Å²) in [6.07, 6.45) is 4.22. The molecule has 0 saturated carbocycles. The standard InChI is InChI=1S/C11H17N5O/c1-15(2)9-4-7-16(8-9)11(17)14-10-12-5-3-6-13-10/h3,5-6,9H,4,7-8H2,1-2H3,(H,12,13,14,17)/t9-/m0/s1. The third kappa shape index (κ3) is 2.91. The smallest absolute Gasteiger partial charge is 0.323 e. The molecule has 0 aliphatic carbocycles. The van der Waals surface area contributed by atoms with Crippen LogP contribution < -0.4 is 5.32 Å². The summed E-state index contributed by atoms with van der Waals surface area (Å²) in [4.78, 5) is 23.8. The van der Waals surface area contributed by atoms with Gasteiger partial charge in [0.15, 0.2) is 0 Å². The van der Waals surface area contributed by atoms with Gasteiger partial charge in [-0.25, -0.2) is 14.8 Å². The molecule has 0 radical (unpaired) electrons. The molecule has 1 aliphatic heterocycles. The number of urea groups is 1. The van der Waals surface area contributed by atoms with Crippen LogP contribution in [0.2, 0.25) is 0 Å². The maximum Gasteiger partial charge on any atom is 0.324 e. The zero-order chi connectivity index (χ0) is 12.3. The monoisotopic (exact) mass is 235 g/mol. The molecule has 0 unspecified atom stereocenters. The molecule has 0 bridgehead atoms. The van der Waals surface area contributed by atoms with E-state index in [9.17, 15) is 4.79 Å². The Morgan fingerprint density at radius 1 is 1.47 bits per heavy atom. The number of nitrogens with zero attached hydrogens (tertiary/aromatic N) is 4. The van der Waals surface area contributed by atoms with E-state index < -0.39 is 0 Å². The van der Waals surface area contributed by atoms with Gasteiger partial charge in [-0.1, -0.05) is 0 Å². The van der Waals surface area contributed by atoms with Crippen LogP contribution in [0.15, 0.2) is 18.5 Å². The average molecular weight is 235 g/mol. The summed E-state index contributed by atoms with van der Waals surface area (Å²) in [5.74, 6) is 0.353. The van der Waals surface area contributed by atoms with Crippen molar-refractivity contribution < 1.29 is 4.79 Å². The predicted molar refractivity (Wildman–Crippen MR) is 64.7 cm³/mol. The molecule has 92 valence electrons. The summed E-state index contributed by atoms with van der Waals surface area (Å²) >= 11 is 0. The van der Waals surface area contributed by atoms with E-state index in [-0.39, 0.29) is 6.03 Å². The molecule has 17 heavy (non-hydrogen) atoms. The van der Waals surface area contributed by atoms with Crippen LogP contribution in [0, 0.1) is 0 Å². The Bertz CT molecular complexity index is 381. The predicted octanol–water partition coefficient (Wildman–Crippen LogP) is 0.644. The molecule has 1 aliphatic rings. The molecule has 6 nitrogen and oxygen atoms in total. The quantitative estimate of drug-likeness (QED) is 0.817. The number of rotatable bonds is 2. The fourth-order valence-corrected chi connectivity index (χ4v) is 1.89. The van der Waals surface area contributed by atoms with E-state index in [4.69, 9.17) is 0 Å². The number of aromatic nitrogens is 2. The van der Waals surface area contributed by atoms with Gasteiger partial charge in [0, 0.05) is 31.5 Å². The lowest BCUT2D eigenvalue weighted by Crippen LogP contribution is -2.37. The molecule has 1 saturated heterocycles. The molecular weight excluding hydrogens is 218 g/mol. The summed E-state index contributed by atoms with van der Waals surface area (Å²) in [6, 6.07) is 2.03. The Labute approximate surface area is 101 Å². The number of carbonyl (C=O) groups excluding carboxylic acids is 1. The van der Waals surface area contributed by atoms with Crippen LogP contribution in [0.4, 0.5) is 10.7 Å². The molecule has 6 heteroatoms. The highest BCUT2D eigenvalue weighted by Gasteiger charge is 2.27. The molecular formula is C11H17N5O. The van der Waals surface area contributed by atoms with E-state index in [1.54, 1.807) is 23.4 Å². The van der Waals surface area contributed by atoms with Gasteiger partial charge in [-0.15, -0.1) is 0 Å². The Balaban J connectivity index is 1.90. The lowest BCUT2D eigenvalue weighted by Gasteiger charge is -2.20. The van der Waals surface area contributed by atoms with Crippen molar-refractivity contribution >= 4 is 12.0 Å². The van der Waals surface area contributed by atoms with Gasteiger partial charge >= 0.3 is 6.03 Å². The highest BCUT2D eigenvalue weighted by atomic mass is 16.2. The van der Waals surface area contributed by atoms with Crippen molar-refractivity contribution in [3.63, 3.8) is 0 Å². The number of carbonyl (C=O) groups is 1. The fourth-order valence-electron chi connectivity index (χ4n) is 1.89. The van der Waals surface area contributed by atoms with Crippen molar-refractivity contribution in [1.82, 2.24) is 19.8 Å². The van der Waals surface area contributed by atoms with Gasteiger partial charge in [-0.05, 0) is 26.6 Å². The average Bonchev–Trinajstić information content (AvgIpc) is 2.79. The van der Waals surface area contributed by atoms with E-state index in [1.807, 2.05) is 14.1 Å². The second kappa shape index (κ2) is 5.09. The van der Waals surface area contributed by atoms with Gasteiger partial charge < -0.3 is 9.80 Å². The van der Waals surface area contributed by atoms with Crippen molar-refractivity contribution in [2.24, 2.45) is 0 Å². The minimum absolute atomic E-state index is 0.124. The SMILES string of the molecule is CN(C)[C@H]1CCN(C(=O)Nc2ncccn2)C1. The van der Waals surface area contributed by atoms with Crippen LogP contribution in [0.1, 0.15) is 6.42 Å². The molecule has 2 amide bonds. The van der Waals surface area contributed by atoms with Crippen molar-refractivity contribution in [3.8, 4) is 0 Å². The number of likely N-dealkylation sites (N-methyl/N-ethyl adjacent to an activating group) is 1. The van der Waals surface area contributed by atoms with Crippen LogP contribution in [0.5, 0.6) is 0 Å². The highest BCUT2D eigenvalue weighted by Crippen LogP contribution is 2.13. The minimum Gasteiger partial charge on any atom is -0.323 e. The van der Waals surface area contributed by atoms with Gasteiger partial charge in [0.25, 0.3) is 0 Å². The molecule has 1 fully saturated rings. The number of nitrogens with one attached hydrogen (secondary N) is 1. The Kier molecular flexibility index (Phi) is 3.53. The zero-order valence-electron chi connectivity index (χ0n) is 10.1. The molecule has 0 aromatic carbocycles. The Morgan fingerprint density at radius 2 is 2.18 bits per heavy atom. The van der Waals surface area contributed by atoms with Crippen molar-refractivity contribution in [1.29, 1.82) is 0 Å². The normalized spacial score (nSPS) is 19.7. The zero-order valence-corrected chi connectivity index (χ0v) is 10.1. The van der Waals surface area contributed by atoms with Gasteiger partial charge in [-0.3, -0.25) is 5.32 Å². The minimum atomic E-state index is -0.124. The van der Waals surface area contributed by atoms with Crippen LogP contribution in [0.25, 0.3) is 0 Å². The van der Waals surface area contributed by atoms with Crippen LogP contribution in [0.3, 0.4) is 0 Å². The first-order valence-corrected chi connectivity index (χ1v) is 5.66. The summed E-state index contributed by atoms with van der Waals surface area (Å²) in [7, 11) is 4.07. The van der Waals surface area contributed by atoms with E-state index in [0.29, 0.717) is 12.0 Å². The van der Waals surface area contributed by atoms with Crippen LogP contribution >= 0.6 is 0 Å². The lowest BCUT2D eigenvalue weighted by molar-refractivity contribution is 0.216. The first-order valence-electron chi connectivity index (χ1n) is 5.66. The van der Waals surface area contributed by atoms with Gasteiger partial charge in [0.05, 0.1) is 0 Å². The third-order valence-electron chi connectivity index (χ3n) is 2.97.